The molecule has 1 aromatic heterocycles. The van der Waals surface area contributed by atoms with Crippen LogP contribution in [0.5, 0.6) is 11.5 Å². The van der Waals surface area contributed by atoms with Gasteiger partial charge in [-0.2, -0.15) is 0 Å². The molecule has 18 heavy (non-hydrogen) atoms. The van der Waals surface area contributed by atoms with Crippen LogP contribution in [-0.2, 0) is 11.9 Å². The van der Waals surface area contributed by atoms with Crippen LogP contribution in [0, 0.1) is 0 Å². The normalized spacial score (nSPS) is 10.4. The predicted molar refractivity (Wildman–Crippen MR) is 79.3 cm³/mol. The summed E-state index contributed by atoms with van der Waals surface area (Å²) in [5, 5.41) is 0.748. The molecular formula is C13H12BrClO2S. The van der Waals surface area contributed by atoms with Crippen LogP contribution in [-0.4, -0.2) is 7.11 Å². The molecule has 0 N–H and O–H groups in total. The van der Waals surface area contributed by atoms with Crippen molar-refractivity contribution >= 4 is 38.9 Å². The van der Waals surface area contributed by atoms with E-state index in [1.807, 2.05) is 30.3 Å². The molecule has 0 spiro atoms. The van der Waals surface area contributed by atoms with Crippen molar-refractivity contribution in [2.24, 2.45) is 0 Å². The van der Waals surface area contributed by atoms with E-state index in [4.69, 9.17) is 21.1 Å². The Bertz CT molecular complexity index is 527. The lowest BCUT2D eigenvalue weighted by molar-refractivity contribution is 0.305. The first kappa shape index (κ1) is 13.7. The second kappa shape index (κ2) is 6.45. The highest BCUT2D eigenvalue weighted by Crippen LogP contribution is 2.29. The average molecular weight is 348 g/mol. The summed E-state index contributed by atoms with van der Waals surface area (Å²) >= 11 is 10.9. The molecule has 1 heterocycles. The first-order valence-corrected chi connectivity index (χ1v) is 7.64. The van der Waals surface area contributed by atoms with E-state index in [1.54, 1.807) is 7.11 Å². The molecule has 2 rings (SSSR count). The lowest BCUT2D eigenvalue weighted by atomic mass is 10.2. The highest BCUT2D eigenvalue weighted by Gasteiger charge is 2.06. The molecule has 0 radical (unpaired) electrons. The summed E-state index contributed by atoms with van der Waals surface area (Å²) in [6.07, 6.45) is 0. The number of benzene rings is 1. The quantitative estimate of drug-likeness (QED) is 0.717. The first-order chi connectivity index (χ1) is 8.72. The van der Waals surface area contributed by atoms with Crippen molar-refractivity contribution in [1.82, 2.24) is 0 Å². The third kappa shape index (κ3) is 3.40. The minimum atomic E-state index is 0.518. The Morgan fingerprint density at radius 1 is 1.28 bits per heavy atom. The van der Waals surface area contributed by atoms with E-state index in [1.165, 1.54) is 11.3 Å². The number of alkyl halides is 1. The largest absolute Gasteiger partial charge is 0.497 e. The van der Waals surface area contributed by atoms with E-state index in [-0.39, 0.29) is 0 Å². The fourth-order valence-corrected chi connectivity index (χ4v) is 2.95. The number of ether oxygens (including phenoxy) is 2. The summed E-state index contributed by atoms with van der Waals surface area (Å²) < 4.78 is 11.8. The SMILES string of the molecule is COc1ccc(CBr)c(OCc2ccc(Cl)s2)c1. The Hall–Kier alpha value is -0.710. The monoisotopic (exact) mass is 346 g/mol. The molecule has 96 valence electrons. The minimum Gasteiger partial charge on any atom is -0.497 e. The number of rotatable bonds is 5. The summed E-state index contributed by atoms with van der Waals surface area (Å²) in [5.74, 6) is 1.62. The van der Waals surface area contributed by atoms with Gasteiger partial charge in [0, 0.05) is 21.8 Å². The van der Waals surface area contributed by atoms with Gasteiger partial charge < -0.3 is 9.47 Å². The lowest BCUT2D eigenvalue weighted by Crippen LogP contribution is -1.96. The van der Waals surface area contributed by atoms with Crippen molar-refractivity contribution in [2.45, 2.75) is 11.9 Å². The van der Waals surface area contributed by atoms with Gasteiger partial charge in [0.15, 0.2) is 0 Å². The van der Waals surface area contributed by atoms with E-state index < -0.39 is 0 Å². The Morgan fingerprint density at radius 2 is 2.11 bits per heavy atom. The van der Waals surface area contributed by atoms with Crippen molar-refractivity contribution in [2.75, 3.05) is 7.11 Å². The predicted octanol–water partition coefficient (Wildman–Crippen LogP) is 4.88. The number of thiophene rings is 1. The average Bonchev–Trinajstić information content (AvgIpc) is 2.81. The molecule has 1 aromatic carbocycles. The summed E-state index contributed by atoms with van der Waals surface area (Å²) in [4.78, 5) is 1.10. The molecular weight excluding hydrogens is 336 g/mol. The van der Waals surface area contributed by atoms with Crippen LogP contribution in [0.2, 0.25) is 4.34 Å². The molecule has 0 bridgehead atoms. The highest BCUT2D eigenvalue weighted by molar-refractivity contribution is 9.08. The van der Waals surface area contributed by atoms with Crippen LogP contribution in [0.15, 0.2) is 30.3 Å². The van der Waals surface area contributed by atoms with Gasteiger partial charge in [0.1, 0.15) is 18.1 Å². The van der Waals surface area contributed by atoms with E-state index in [0.717, 1.165) is 31.6 Å². The Kier molecular flexibility index (Phi) is 4.92. The Balaban J connectivity index is 2.11. The van der Waals surface area contributed by atoms with Gasteiger partial charge in [-0.05, 0) is 18.2 Å². The van der Waals surface area contributed by atoms with Gasteiger partial charge in [0.2, 0.25) is 0 Å². The molecule has 0 aliphatic carbocycles. The zero-order valence-electron chi connectivity index (χ0n) is 9.78. The number of methoxy groups -OCH3 is 1. The molecule has 5 heteroatoms. The van der Waals surface area contributed by atoms with Crippen molar-refractivity contribution in [1.29, 1.82) is 0 Å². The summed E-state index contributed by atoms with van der Waals surface area (Å²) in [5.41, 5.74) is 1.10. The highest BCUT2D eigenvalue weighted by atomic mass is 79.9. The zero-order valence-corrected chi connectivity index (χ0v) is 12.9. The first-order valence-electron chi connectivity index (χ1n) is 5.33. The van der Waals surface area contributed by atoms with Crippen LogP contribution in [0.3, 0.4) is 0 Å². The Morgan fingerprint density at radius 3 is 2.72 bits per heavy atom. The zero-order chi connectivity index (χ0) is 13.0. The number of hydrogen-bond donors (Lipinski definition) is 0. The topological polar surface area (TPSA) is 18.5 Å². The van der Waals surface area contributed by atoms with Crippen molar-refractivity contribution in [3.8, 4) is 11.5 Å². The van der Waals surface area contributed by atoms with E-state index in [0.29, 0.717) is 6.61 Å². The molecule has 0 aliphatic rings. The van der Waals surface area contributed by atoms with E-state index in [9.17, 15) is 0 Å². The summed E-state index contributed by atoms with van der Waals surface area (Å²) in [7, 11) is 1.64. The van der Waals surface area contributed by atoms with Gasteiger partial charge >= 0.3 is 0 Å². The lowest BCUT2D eigenvalue weighted by Gasteiger charge is -2.10. The van der Waals surface area contributed by atoms with Crippen molar-refractivity contribution in [3.63, 3.8) is 0 Å². The minimum absolute atomic E-state index is 0.518. The van der Waals surface area contributed by atoms with E-state index >= 15 is 0 Å². The van der Waals surface area contributed by atoms with Crippen LogP contribution in [0.1, 0.15) is 10.4 Å². The third-order valence-corrected chi connectivity index (χ3v) is 4.23. The van der Waals surface area contributed by atoms with Crippen LogP contribution in [0.25, 0.3) is 0 Å². The molecule has 0 fully saturated rings. The molecule has 2 nitrogen and oxygen atoms in total. The van der Waals surface area contributed by atoms with Gasteiger partial charge in [-0.3, -0.25) is 0 Å². The molecule has 0 saturated heterocycles. The van der Waals surface area contributed by atoms with Gasteiger partial charge in [-0.1, -0.05) is 33.6 Å². The molecule has 0 amide bonds. The molecule has 0 saturated carbocycles. The smallest absolute Gasteiger partial charge is 0.127 e. The van der Waals surface area contributed by atoms with Gasteiger partial charge in [-0.25, -0.2) is 0 Å². The van der Waals surface area contributed by atoms with Crippen molar-refractivity contribution < 1.29 is 9.47 Å². The standard InChI is InChI=1S/C13H12BrClO2S/c1-16-10-3-2-9(7-14)12(6-10)17-8-11-4-5-13(15)18-11/h2-6H,7-8H2,1H3. The Labute approximate surface area is 124 Å². The fourth-order valence-electron chi connectivity index (χ4n) is 1.48. The molecule has 0 aliphatic heterocycles. The maximum atomic E-state index is 5.88. The van der Waals surface area contributed by atoms with Crippen LogP contribution >= 0.6 is 38.9 Å². The van der Waals surface area contributed by atoms with Gasteiger partial charge in [0.05, 0.1) is 11.4 Å². The second-order valence-corrected chi connectivity index (χ2v) is 5.96. The molecule has 0 atom stereocenters. The summed E-state index contributed by atoms with van der Waals surface area (Å²) in [6.45, 7) is 0.518. The fraction of sp³-hybridized carbons (Fsp3) is 0.231. The van der Waals surface area contributed by atoms with Crippen LogP contribution in [0.4, 0.5) is 0 Å². The second-order valence-electron chi connectivity index (χ2n) is 3.60. The van der Waals surface area contributed by atoms with Crippen molar-refractivity contribution in [3.05, 3.63) is 45.1 Å². The van der Waals surface area contributed by atoms with Crippen LogP contribution < -0.4 is 9.47 Å². The number of hydrogen-bond acceptors (Lipinski definition) is 3. The summed E-state index contributed by atoms with van der Waals surface area (Å²) in [6, 6.07) is 9.66. The maximum Gasteiger partial charge on any atom is 0.127 e. The molecule has 2 aromatic rings. The van der Waals surface area contributed by atoms with Gasteiger partial charge in [0.25, 0.3) is 0 Å². The molecule has 0 unspecified atom stereocenters. The van der Waals surface area contributed by atoms with Gasteiger partial charge in [-0.15, -0.1) is 11.3 Å². The van der Waals surface area contributed by atoms with E-state index in [2.05, 4.69) is 15.9 Å². The maximum absolute atomic E-state index is 5.88. The number of halogens is 2. The third-order valence-electron chi connectivity index (χ3n) is 2.42.